The van der Waals surface area contributed by atoms with Crippen LogP contribution in [0.4, 0.5) is 10.8 Å². The number of aryl methyl sites for hydroxylation is 1. The van der Waals surface area contributed by atoms with E-state index in [9.17, 15) is 14.7 Å². The smallest absolute Gasteiger partial charge is 0.337 e. The van der Waals surface area contributed by atoms with Gasteiger partial charge < -0.3 is 20.1 Å². The van der Waals surface area contributed by atoms with Crippen molar-refractivity contribution in [3.05, 3.63) is 82.0 Å². The fourth-order valence-corrected chi connectivity index (χ4v) is 6.46. The molecule has 8 nitrogen and oxygen atoms in total. The standard InChI is InChI=1S/C29H27ClN4O4S2/c1-17-12-22(40-27-23(30)13-20(15-31-27)28(36)37)14-25(38-21-6-4-3-5-7-21)26(17)33-29-32-24(16-39-29)19-8-10-34(11-9-19)18(2)35/h3-7,12-16,19H,8-11H2,1-2H3,(H,32,33)(H,36,37). The number of thiazole rings is 1. The number of anilines is 2. The molecule has 2 N–H and O–H groups in total. The molecule has 2 aromatic heterocycles. The molecule has 0 saturated carbocycles. The number of rotatable bonds is 8. The second-order valence-electron chi connectivity index (χ2n) is 9.43. The highest BCUT2D eigenvalue weighted by Gasteiger charge is 2.24. The van der Waals surface area contributed by atoms with Crippen LogP contribution in [0.15, 0.2) is 70.0 Å². The van der Waals surface area contributed by atoms with E-state index in [0.29, 0.717) is 22.4 Å². The van der Waals surface area contributed by atoms with Crippen LogP contribution in [-0.2, 0) is 4.79 Å². The lowest BCUT2D eigenvalue weighted by atomic mass is 9.94. The van der Waals surface area contributed by atoms with Gasteiger partial charge in [-0.1, -0.05) is 41.6 Å². The number of ether oxygens (including phenoxy) is 1. The molecule has 1 aliphatic rings. The summed E-state index contributed by atoms with van der Waals surface area (Å²) in [6, 6.07) is 14.8. The minimum atomic E-state index is -1.08. The van der Waals surface area contributed by atoms with Crippen molar-refractivity contribution in [2.45, 2.75) is 42.5 Å². The number of likely N-dealkylation sites (tertiary alicyclic amines) is 1. The van der Waals surface area contributed by atoms with Crippen LogP contribution in [0.3, 0.4) is 0 Å². The molecule has 4 aromatic rings. The van der Waals surface area contributed by atoms with Crippen molar-refractivity contribution in [1.82, 2.24) is 14.9 Å². The number of nitrogens with zero attached hydrogens (tertiary/aromatic N) is 3. The van der Waals surface area contributed by atoms with E-state index in [1.54, 1.807) is 18.3 Å². The lowest BCUT2D eigenvalue weighted by Gasteiger charge is -2.30. The van der Waals surface area contributed by atoms with Crippen molar-refractivity contribution in [3.8, 4) is 11.5 Å². The normalized spacial score (nSPS) is 13.7. The molecule has 1 fully saturated rings. The first-order valence-electron chi connectivity index (χ1n) is 12.7. The van der Waals surface area contributed by atoms with Crippen LogP contribution >= 0.6 is 34.7 Å². The van der Waals surface area contributed by atoms with Crippen LogP contribution in [0.5, 0.6) is 11.5 Å². The van der Waals surface area contributed by atoms with Crippen molar-refractivity contribution in [3.63, 3.8) is 0 Å². The molecule has 5 rings (SSSR count). The van der Waals surface area contributed by atoms with Crippen LogP contribution in [0.2, 0.25) is 5.02 Å². The molecule has 40 heavy (non-hydrogen) atoms. The molecule has 206 valence electrons. The molecular weight excluding hydrogens is 568 g/mol. The van der Waals surface area contributed by atoms with E-state index >= 15 is 0 Å². The van der Waals surface area contributed by atoms with Crippen molar-refractivity contribution < 1.29 is 19.4 Å². The molecular formula is C29H27ClN4O4S2. The third kappa shape index (κ3) is 6.57. The highest BCUT2D eigenvalue weighted by Crippen LogP contribution is 2.42. The van der Waals surface area contributed by atoms with Gasteiger partial charge in [-0.05, 0) is 55.7 Å². The summed E-state index contributed by atoms with van der Waals surface area (Å²) in [5.41, 5.74) is 2.79. The largest absolute Gasteiger partial charge is 0.478 e. The zero-order valence-electron chi connectivity index (χ0n) is 21.9. The lowest BCUT2D eigenvalue weighted by Crippen LogP contribution is -2.36. The van der Waals surface area contributed by atoms with Gasteiger partial charge >= 0.3 is 5.97 Å². The lowest BCUT2D eigenvalue weighted by molar-refractivity contribution is -0.129. The van der Waals surface area contributed by atoms with Gasteiger partial charge in [0.15, 0.2) is 10.9 Å². The average Bonchev–Trinajstić information content (AvgIpc) is 3.41. The number of carboxylic acid groups (broad SMARTS) is 1. The van der Waals surface area contributed by atoms with Gasteiger partial charge in [-0.2, -0.15) is 0 Å². The molecule has 11 heteroatoms. The number of piperidine rings is 1. The third-order valence-electron chi connectivity index (χ3n) is 6.63. The second-order valence-corrected chi connectivity index (χ2v) is 11.8. The first-order valence-corrected chi connectivity index (χ1v) is 14.8. The van der Waals surface area contributed by atoms with E-state index < -0.39 is 5.97 Å². The minimum absolute atomic E-state index is 0.0328. The Labute approximate surface area is 245 Å². The van der Waals surface area contributed by atoms with Crippen molar-refractivity contribution in [2.75, 3.05) is 18.4 Å². The molecule has 1 saturated heterocycles. The van der Waals surface area contributed by atoms with Crippen LogP contribution in [0.25, 0.3) is 0 Å². The molecule has 3 heterocycles. The molecule has 0 spiro atoms. The molecule has 2 aromatic carbocycles. The van der Waals surface area contributed by atoms with E-state index in [2.05, 4.69) is 15.7 Å². The molecule has 1 amide bonds. The summed E-state index contributed by atoms with van der Waals surface area (Å²) in [7, 11) is 0. The van der Waals surface area contributed by atoms with Gasteiger partial charge in [-0.3, -0.25) is 4.79 Å². The monoisotopic (exact) mass is 594 g/mol. The van der Waals surface area contributed by atoms with Crippen LogP contribution < -0.4 is 10.1 Å². The highest BCUT2D eigenvalue weighted by atomic mass is 35.5. The van der Waals surface area contributed by atoms with Crippen molar-refractivity contribution >= 4 is 57.4 Å². The molecule has 0 aliphatic carbocycles. The molecule has 0 radical (unpaired) electrons. The van der Waals surface area contributed by atoms with Gasteiger partial charge in [0.25, 0.3) is 0 Å². The summed E-state index contributed by atoms with van der Waals surface area (Å²) < 4.78 is 6.31. The zero-order valence-corrected chi connectivity index (χ0v) is 24.3. The zero-order chi connectivity index (χ0) is 28.2. The average molecular weight is 595 g/mol. The predicted molar refractivity (Wildman–Crippen MR) is 158 cm³/mol. The Morgan fingerprint density at radius 1 is 1.18 bits per heavy atom. The number of benzene rings is 2. The van der Waals surface area contributed by atoms with E-state index in [1.807, 2.05) is 54.3 Å². The minimum Gasteiger partial charge on any atom is -0.478 e. The number of hydrogen-bond acceptors (Lipinski definition) is 8. The molecule has 0 atom stereocenters. The Hall–Kier alpha value is -3.60. The van der Waals surface area contributed by atoms with E-state index in [0.717, 1.165) is 52.9 Å². The summed E-state index contributed by atoms with van der Waals surface area (Å²) in [6.07, 6.45) is 3.10. The number of hydrogen-bond donors (Lipinski definition) is 2. The number of carbonyl (C=O) groups is 2. The van der Waals surface area contributed by atoms with Gasteiger partial charge in [0, 0.05) is 42.4 Å². The third-order valence-corrected chi connectivity index (χ3v) is 8.79. The predicted octanol–water partition coefficient (Wildman–Crippen LogP) is 7.61. The summed E-state index contributed by atoms with van der Waals surface area (Å²) in [6.45, 7) is 5.11. The van der Waals surface area contributed by atoms with E-state index in [-0.39, 0.29) is 16.5 Å². The fourth-order valence-electron chi connectivity index (χ4n) is 4.50. The Morgan fingerprint density at radius 3 is 2.60 bits per heavy atom. The van der Waals surface area contributed by atoms with E-state index in [1.165, 1.54) is 24.0 Å². The van der Waals surface area contributed by atoms with Gasteiger partial charge in [0.2, 0.25) is 5.91 Å². The summed E-state index contributed by atoms with van der Waals surface area (Å²) >= 11 is 9.22. The Bertz CT molecular complexity index is 1540. The quantitative estimate of drug-likeness (QED) is 0.215. The number of para-hydroxylation sites is 1. The Kier molecular flexibility index (Phi) is 8.58. The second kappa shape index (κ2) is 12.3. The molecule has 1 aliphatic heterocycles. The molecule has 0 bridgehead atoms. The number of carbonyl (C=O) groups excluding carboxylic acids is 1. The van der Waals surface area contributed by atoms with Crippen molar-refractivity contribution in [1.29, 1.82) is 0 Å². The topological polar surface area (TPSA) is 105 Å². The number of aromatic nitrogens is 2. The van der Waals surface area contributed by atoms with Crippen molar-refractivity contribution in [2.24, 2.45) is 0 Å². The maximum atomic E-state index is 11.7. The highest BCUT2D eigenvalue weighted by molar-refractivity contribution is 7.99. The van der Waals surface area contributed by atoms with Gasteiger partial charge in [0.05, 0.1) is 22.0 Å². The number of aromatic carboxylic acids is 1. The number of halogens is 1. The van der Waals surface area contributed by atoms with Gasteiger partial charge in [-0.15, -0.1) is 11.3 Å². The SMILES string of the molecule is CC(=O)N1CCC(c2csc(Nc3c(C)cc(Sc4ncc(C(=O)O)cc4Cl)cc3Oc3ccccc3)n2)CC1. The first kappa shape index (κ1) is 27.9. The number of pyridine rings is 1. The Morgan fingerprint density at radius 2 is 1.93 bits per heavy atom. The van der Waals surface area contributed by atoms with Gasteiger partial charge in [-0.25, -0.2) is 14.8 Å². The van der Waals surface area contributed by atoms with Crippen LogP contribution in [-0.4, -0.2) is 44.9 Å². The summed E-state index contributed by atoms with van der Waals surface area (Å²) in [4.78, 5) is 34.8. The van der Waals surface area contributed by atoms with Gasteiger partial charge in [0.1, 0.15) is 10.8 Å². The number of nitrogens with one attached hydrogen (secondary N) is 1. The van der Waals surface area contributed by atoms with Crippen LogP contribution in [0.1, 0.15) is 47.3 Å². The summed E-state index contributed by atoms with van der Waals surface area (Å²) in [5.74, 6) is 0.664. The number of amides is 1. The first-order chi connectivity index (χ1) is 19.3. The number of carboxylic acids is 1. The van der Waals surface area contributed by atoms with Crippen LogP contribution in [0, 0.1) is 6.92 Å². The summed E-state index contributed by atoms with van der Waals surface area (Å²) in [5, 5.41) is 16.3. The maximum Gasteiger partial charge on any atom is 0.337 e. The molecule has 0 unspecified atom stereocenters. The van der Waals surface area contributed by atoms with E-state index in [4.69, 9.17) is 21.3 Å². The maximum absolute atomic E-state index is 11.7. The fraction of sp³-hybridized carbons (Fsp3) is 0.241. The Balaban J connectivity index is 1.40.